The lowest BCUT2D eigenvalue weighted by Crippen LogP contribution is -2.51. The molecule has 1 heterocycles. The van der Waals surface area contributed by atoms with Crippen LogP contribution in [0, 0.1) is 33.3 Å². The van der Waals surface area contributed by atoms with Gasteiger partial charge in [-0.25, -0.2) is 0 Å². The van der Waals surface area contributed by atoms with Gasteiger partial charge in [-0.2, -0.15) is 10.5 Å². The summed E-state index contributed by atoms with van der Waals surface area (Å²) in [4.78, 5) is 0. The van der Waals surface area contributed by atoms with Crippen LogP contribution in [0.15, 0.2) is 53.1 Å². The highest BCUT2D eigenvalue weighted by molar-refractivity contribution is 5.59. The van der Waals surface area contributed by atoms with Crippen molar-refractivity contribution in [2.75, 3.05) is 26.3 Å². The molecule has 0 saturated carbocycles. The average molecular weight is 375 g/mol. The maximum absolute atomic E-state index is 12.8. The number of quaternary nitrogens is 1. The number of nitriles is 2. The summed E-state index contributed by atoms with van der Waals surface area (Å²) < 4.78 is 4.97. The predicted molar refractivity (Wildman–Crippen MR) is 111 cm³/mol. The van der Waals surface area contributed by atoms with Crippen molar-refractivity contribution in [3.05, 3.63) is 63.9 Å². The smallest absolute Gasteiger partial charge is 0.133 e. The summed E-state index contributed by atoms with van der Waals surface area (Å²) in [6.07, 6.45) is 7.63. The van der Waals surface area contributed by atoms with Gasteiger partial charge in [-0.1, -0.05) is 32.1 Å². The number of hydrogen-bond donors (Lipinski definition) is 0. The lowest BCUT2D eigenvalue weighted by atomic mass is 9.74. The zero-order valence-corrected chi connectivity index (χ0v) is 16.4. The number of morpholine rings is 1. The van der Waals surface area contributed by atoms with Crippen molar-refractivity contribution in [1.82, 2.24) is 4.65 Å². The second-order valence-corrected chi connectivity index (χ2v) is 8.23. The van der Waals surface area contributed by atoms with Crippen LogP contribution < -0.4 is 4.65 Å². The molecule has 2 aliphatic rings. The van der Waals surface area contributed by atoms with Gasteiger partial charge < -0.3 is 14.6 Å². The van der Waals surface area contributed by atoms with Crippen molar-refractivity contribution < 1.29 is 4.74 Å². The maximum Gasteiger partial charge on any atom is 0.133 e. The van der Waals surface area contributed by atoms with E-state index in [-0.39, 0.29) is 15.6 Å². The Kier molecular flexibility index (Phi) is 5.82. The Morgan fingerprint density at radius 2 is 1.71 bits per heavy atom. The van der Waals surface area contributed by atoms with Crippen LogP contribution in [0.5, 0.6) is 0 Å². The van der Waals surface area contributed by atoms with Crippen LogP contribution in [-0.2, 0) is 4.74 Å². The summed E-state index contributed by atoms with van der Waals surface area (Å²) >= 11 is 0. The van der Waals surface area contributed by atoms with E-state index in [4.69, 9.17) is 4.74 Å². The van der Waals surface area contributed by atoms with E-state index in [0.717, 1.165) is 35.2 Å². The van der Waals surface area contributed by atoms with Gasteiger partial charge in [0.05, 0.1) is 13.2 Å². The Balaban J connectivity index is 1.80. The van der Waals surface area contributed by atoms with E-state index in [2.05, 4.69) is 13.8 Å². The zero-order chi connectivity index (χ0) is 20.2. The van der Waals surface area contributed by atoms with Crippen LogP contribution in [0.3, 0.4) is 0 Å². The summed E-state index contributed by atoms with van der Waals surface area (Å²) in [6, 6.07) is 11.7. The minimum Gasteiger partial charge on any atom is -0.627 e. The molecule has 1 aromatic carbocycles. The Morgan fingerprint density at radius 3 is 2.32 bits per heavy atom. The van der Waals surface area contributed by atoms with Gasteiger partial charge >= 0.3 is 0 Å². The van der Waals surface area contributed by atoms with Gasteiger partial charge in [-0.3, -0.25) is 0 Å². The third-order valence-electron chi connectivity index (χ3n) is 5.30. The van der Waals surface area contributed by atoms with E-state index in [9.17, 15) is 15.7 Å². The Labute approximate surface area is 166 Å². The third-order valence-corrected chi connectivity index (χ3v) is 5.30. The average Bonchev–Trinajstić information content (AvgIpc) is 2.67. The molecule has 0 radical (unpaired) electrons. The second-order valence-electron chi connectivity index (χ2n) is 8.23. The predicted octanol–water partition coefficient (Wildman–Crippen LogP) is 4.63. The first-order valence-corrected chi connectivity index (χ1v) is 9.54. The number of hydrogen-bond acceptors (Lipinski definition) is 4. The lowest BCUT2D eigenvalue weighted by molar-refractivity contribution is 0.0615. The van der Waals surface area contributed by atoms with Crippen molar-refractivity contribution in [2.24, 2.45) is 5.41 Å². The molecule has 3 rings (SSSR count). The van der Waals surface area contributed by atoms with E-state index in [0.29, 0.717) is 26.3 Å². The van der Waals surface area contributed by atoms with Crippen LogP contribution in [0.2, 0.25) is 0 Å². The molecule has 1 aliphatic carbocycles. The van der Waals surface area contributed by atoms with Crippen LogP contribution in [0.4, 0.5) is 5.69 Å². The molecule has 0 atom stereocenters. The molecular weight excluding hydrogens is 350 g/mol. The van der Waals surface area contributed by atoms with E-state index >= 15 is 0 Å². The fourth-order valence-electron chi connectivity index (χ4n) is 3.85. The van der Waals surface area contributed by atoms with E-state index in [1.54, 1.807) is 0 Å². The molecule has 0 aromatic heterocycles. The van der Waals surface area contributed by atoms with Crippen molar-refractivity contribution >= 4 is 11.8 Å². The largest absolute Gasteiger partial charge is 0.627 e. The highest BCUT2D eigenvalue weighted by Crippen LogP contribution is 2.39. The van der Waals surface area contributed by atoms with Gasteiger partial charge in [-0.15, -0.1) is 0 Å². The minimum absolute atomic E-state index is 0.00202. The summed E-state index contributed by atoms with van der Waals surface area (Å²) in [6.45, 7) is 6.19. The van der Waals surface area contributed by atoms with E-state index in [1.165, 1.54) is 0 Å². The molecule has 144 valence electrons. The highest BCUT2D eigenvalue weighted by Gasteiger charge is 2.26. The molecule has 0 amide bonds. The standard InChI is InChI=1S/C23H25N3O2/c1-23(2)14-19(13-20(15-23)21(16-24)17-25)4-3-18-5-7-22(8-6-18)26(27)9-11-28-12-10-26/h3-8,13H,9-12,14-15H2,1-2H3/b4-3+. The quantitative estimate of drug-likeness (QED) is 0.438. The number of hydroxylamine groups is 2. The fourth-order valence-corrected chi connectivity index (χ4v) is 3.85. The Bertz CT molecular complexity index is 887. The van der Waals surface area contributed by atoms with Crippen molar-refractivity contribution in [1.29, 1.82) is 10.5 Å². The van der Waals surface area contributed by atoms with Gasteiger partial charge in [-0.05, 0) is 47.1 Å². The third kappa shape index (κ3) is 4.58. The number of allylic oxidation sites excluding steroid dienone is 5. The number of ether oxygens (including phenoxy) is 1. The molecule has 1 aromatic rings. The first-order chi connectivity index (χ1) is 13.3. The van der Waals surface area contributed by atoms with Gasteiger partial charge in [0.1, 0.15) is 36.5 Å². The first kappa shape index (κ1) is 20.0. The monoisotopic (exact) mass is 375 g/mol. The molecule has 5 nitrogen and oxygen atoms in total. The van der Waals surface area contributed by atoms with Crippen LogP contribution in [0.25, 0.3) is 6.08 Å². The van der Waals surface area contributed by atoms with Crippen LogP contribution >= 0.6 is 0 Å². The molecule has 1 saturated heterocycles. The molecule has 1 fully saturated rings. The van der Waals surface area contributed by atoms with Gasteiger partial charge in [0, 0.05) is 12.1 Å². The van der Waals surface area contributed by atoms with Crippen LogP contribution in [0.1, 0.15) is 32.3 Å². The summed E-state index contributed by atoms with van der Waals surface area (Å²) in [5.41, 5.74) is 3.87. The fraction of sp³-hybridized carbons (Fsp3) is 0.391. The van der Waals surface area contributed by atoms with E-state index < -0.39 is 0 Å². The molecule has 0 N–H and O–H groups in total. The summed E-state index contributed by atoms with van der Waals surface area (Å²) in [7, 11) is 0. The normalized spacial score (nSPS) is 20.9. The molecule has 0 unspecified atom stereocenters. The molecule has 0 spiro atoms. The molecular formula is C23H25N3O2. The molecule has 28 heavy (non-hydrogen) atoms. The number of benzene rings is 1. The molecule has 0 bridgehead atoms. The number of nitrogens with zero attached hydrogens (tertiary/aromatic N) is 3. The molecule has 1 aliphatic heterocycles. The van der Waals surface area contributed by atoms with Gasteiger partial charge in [0.15, 0.2) is 0 Å². The van der Waals surface area contributed by atoms with Gasteiger partial charge in [0.2, 0.25) is 0 Å². The molecule has 5 heteroatoms. The summed E-state index contributed by atoms with van der Waals surface area (Å²) in [5.74, 6) is 0. The summed E-state index contributed by atoms with van der Waals surface area (Å²) in [5, 5.41) is 31.2. The minimum atomic E-state index is -0.331. The van der Waals surface area contributed by atoms with Crippen molar-refractivity contribution in [3.8, 4) is 12.1 Å². The maximum atomic E-state index is 12.8. The van der Waals surface area contributed by atoms with Crippen molar-refractivity contribution in [3.63, 3.8) is 0 Å². The SMILES string of the molecule is CC1(C)CC(/C=C/c2ccc([N+]3([O-])CCOCC3)cc2)=CC(=C(C#N)C#N)C1. The second kappa shape index (κ2) is 8.12. The Hall–Kier alpha value is -2.70. The highest BCUT2D eigenvalue weighted by atomic mass is 16.6. The number of rotatable bonds is 3. The first-order valence-electron chi connectivity index (χ1n) is 9.54. The lowest BCUT2D eigenvalue weighted by Gasteiger charge is -2.44. The van der Waals surface area contributed by atoms with Crippen LogP contribution in [-0.4, -0.2) is 26.3 Å². The zero-order valence-electron chi connectivity index (χ0n) is 16.4. The van der Waals surface area contributed by atoms with Gasteiger partial charge in [0.25, 0.3) is 0 Å². The van der Waals surface area contributed by atoms with Crippen molar-refractivity contribution in [2.45, 2.75) is 26.7 Å². The Morgan fingerprint density at radius 1 is 1.07 bits per heavy atom. The topological polar surface area (TPSA) is 79.9 Å². The van der Waals surface area contributed by atoms with E-state index in [1.807, 2.05) is 54.6 Å².